The third-order valence-electron chi connectivity index (χ3n) is 3.13. The van der Waals surface area contributed by atoms with E-state index in [1.54, 1.807) is 12.1 Å². The predicted molar refractivity (Wildman–Crippen MR) is 82.6 cm³/mol. The Hall–Kier alpha value is -2.14. The van der Waals surface area contributed by atoms with Crippen molar-refractivity contribution >= 4 is 23.2 Å². The fourth-order valence-electron chi connectivity index (χ4n) is 1.91. The van der Waals surface area contributed by atoms with Gasteiger partial charge in [-0.1, -0.05) is 31.2 Å². The van der Waals surface area contributed by atoms with Crippen LogP contribution in [0.1, 0.15) is 32.6 Å². The van der Waals surface area contributed by atoms with E-state index in [-0.39, 0.29) is 10.8 Å². The molecule has 1 amide bonds. The molecule has 0 bridgehead atoms. The second kappa shape index (κ2) is 7.04. The van der Waals surface area contributed by atoms with Gasteiger partial charge in [0.1, 0.15) is 4.88 Å². The van der Waals surface area contributed by atoms with Gasteiger partial charge in [-0.25, -0.2) is 4.79 Å². The number of nitrogens with one attached hydrogen (secondary N) is 1. The molecular formula is C16H17NO3S. The van der Waals surface area contributed by atoms with Crippen molar-refractivity contribution in [1.82, 2.24) is 5.32 Å². The first-order valence-corrected chi connectivity index (χ1v) is 7.56. The summed E-state index contributed by atoms with van der Waals surface area (Å²) in [5.74, 6) is -1.00. The molecule has 5 heteroatoms. The van der Waals surface area contributed by atoms with Crippen LogP contribution in [0.4, 0.5) is 0 Å². The number of benzene rings is 1. The van der Waals surface area contributed by atoms with E-state index in [4.69, 9.17) is 5.11 Å². The summed E-state index contributed by atoms with van der Waals surface area (Å²) in [7, 11) is 0. The molecule has 2 N–H and O–H groups in total. The molecule has 0 saturated heterocycles. The molecule has 0 aliphatic rings. The number of hydrogen-bond acceptors (Lipinski definition) is 3. The average Bonchev–Trinajstić information content (AvgIpc) is 2.95. The Balaban J connectivity index is 1.84. The minimum atomic E-state index is -0.936. The van der Waals surface area contributed by atoms with Gasteiger partial charge in [-0.05, 0) is 29.7 Å². The van der Waals surface area contributed by atoms with Gasteiger partial charge in [-0.3, -0.25) is 4.79 Å². The van der Waals surface area contributed by atoms with E-state index >= 15 is 0 Å². The molecule has 4 nitrogen and oxygen atoms in total. The van der Waals surface area contributed by atoms with E-state index < -0.39 is 5.97 Å². The highest BCUT2D eigenvalue weighted by molar-refractivity contribution is 7.13. The summed E-state index contributed by atoms with van der Waals surface area (Å²) in [6, 6.07) is 11.3. The van der Waals surface area contributed by atoms with Crippen LogP contribution >= 0.6 is 11.3 Å². The van der Waals surface area contributed by atoms with Crippen LogP contribution in [0.5, 0.6) is 0 Å². The smallest absolute Gasteiger partial charge is 0.345 e. The minimum absolute atomic E-state index is 0.0653. The highest BCUT2D eigenvalue weighted by Crippen LogP contribution is 2.16. The number of aryl methyl sites for hydroxylation is 1. The molecule has 0 spiro atoms. The summed E-state index contributed by atoms with van der Waals surface area (Å²) >= 11 is 1.18. The number of carboxylic acids is 1. The van der Waals surface area contributed by atoms with E-state index in [9.17, 15) is 9.59 Å². The van der Waals surface area contributed by atoms with Crippen molar-refractivity contribution in [2.24, 2.45) is 0 Å². The number of carbonyl (C=O) groups is 2. The number of carboxylic acid groups (broad SMARTS) is 1. The standard InChI is InChI=1S/C16H17NO3S/c1-2-11-3-5-12(6-4-11)9-15(18)17-10-13-7-8-14(21-13)16(19)20/h3-8H,2,9-10H2,1H3,(H,17,18)(H,19,20). The number of carbonyl (C=O) groups excluding carboxylic acids is 1. The summed E-state index contributed by atoms with van der Waals surface area (Å²) in [6.07, 6.45) is 1.32. The normalized spacial score (nSPS) is 10.3. The molecule has 21 heavy (non-hydrogen) atoms. The van der Waals surface area contributed by atoms with Crippen LogP contribution in [0.15, 0.2) is 36.4 Å². The molecule has 0 atom stereocenters. The van der Waals surface area contributed by atoms with E-state index in [0.717, 1.165) is 16.9 Å². The second-order valence-electron chi connectivity index (χ2n) is 4.69. The summed E-state index contributed by atoms with van der Waals surface area (Å²) in [5, 5.41) is 11.6. The van der Waals surface area contributed by atoms with Crippen molar-refractivity contribution in [2.75, 3.05) is 0 Å². The number of rotatable bonds is 6. The zero-order valence-electron chi connectivity index (χ0n) is 11.8. The monoisotopic (exact) mass is 303 g/mol. The summed E-state index contributed by atoms with van der Waals surface area (Å²) in [6.45, 7) is 2.46. The van der Waals surface area contributed by atoms with Crippen molar-refractivity contribution in [2.45, 2.75) is 26.3 Å². The molecule has 110 valence electrons. The fraction of sp³-hybridized carbons (Fsp3) is 0.250. The molecule has 0 aliphatic heterocycles. The van der Waals surface area contributed by atoms with Crippen molar-refractivity contribution in [3.63, 3.8) is 0 Å². The Labute approximate surface area is 127 Å². The molecule has 0 radical (unpaired) electrons. The van der Waals surface area contributed by atoms with Crippen LogP contribution in [-0.4, -0.2) is 17.0 Å². The molecule has 0 aliphatic carbocycles. The van der Waals surface area contributed by atoms with Gasteiger partial charge >= 0.3 is 5.97 Å². The lowest BCUT2D eigenvalue weighted by Gasteiger charge is -2.04. The van der Waals surface area contributed by atoms with Crippen LogP contribution in [-0.2, 0) is 24.2 Å². The Bertz CT molecular complexity index is 631. The lowest BCUT2D eigenvalue weighted by Crippen LogP contribution is -2.24. The SMILES string of the molecule is CCc1ccc(CC(=O)NCc2ccc(C(=O)O)s2)cc1. The van der Waals surface area contributed by atoms with E-state index in [1.165, 1.54) is 16.9 Å². The van der Waals surface area contributed by atoms with Gasteiger partial charge < -0.3 is 10.4 Å². The van der Waals surface area contributed by atoms with Gasteiger partial charge in [0.25, 0.3) is 0 Å². The van der Waals surface area contributed by atoms with Crippen molar-refractivity contribution in [3.05, 3.63) is 57.3 Å². The van der Waals surface area contributed by atoms with Crippen molar-refractivity contribution in [3.8, 4) is 0 Å². The van der Waals surface area contributed by atoms with Gasteiger partial charge in [0, 0.05) is 4.88 Å². The molecule has 1 aromatic heterocycles. The Morgan fingerprint density at radius 2 is 1.76 bits per heavy atom. The lowest BCUT2D eigenvalue weighted by molar-refractivity contribution is -0.120. The summed E-state index contributed by atoms with van der Waals surface area (Å²) < 4.78 is 0. The fourth-order valence-corrected chi connectivity index (χ4v) is 2.70. The topological polar surface area (TPSA) is 66.4 Å². The molecule has 0 unspecified atom stereocenters. The van der Waals surface area contributed by atoms with Crippen LogP contribution in [0, 0.1) is 0 Å². The third-order valence-corrected chi connectivity index (χ3v) is 4.20. The largest absolute Gasteiger partial charge is 0.477 e. The van der Waals surface area contributed by atoms with Crippen LogP contribution < -0.4 is 5.32 Å². The number of amides is 1. The first-order chi connectivity index (χ1) is 10.1. The second-order valence-corrected chi connectivity index (χ2v) is 5.86. The first kappa shape index (κ1) is 15.3. The molecular weight excluding hydrogens is 286 g/mol. The van der Waals surface area contributed by atoms with E-state index in [0.29, 0.717) is 13.0 Å². The maximum Gasteiger partial charge on any atom is 0.345 e. The van der Waals surface area contributed by atoms with E-state index in [2.05, 4.69) is 12.2 Å². The third kappa shape index (κ3) is 4.43. The average molecular weight is 303 g/mol. The predicted octanol–water partition coefficient (Wildman–Crippen LogP) is 2.87. The van der Waals surface area contributed by atoms with Gasteiger partial charge in [0.05, 0.1) is 13.0 Å². The van der Waals surface area contributed by atoms with Crippen LogP contribution in [0.25, 0.3) is 0 Å². The Morgan fingerprint density at radius 3 is 2.33 bits per heavy atom. The summed E-state index contributed by atoms with van der Waals surface area (Å²) in [5.41, 5.74) is 2.22. The molecule has 1 aromatic carbocycles. The number of hydrogen-bond donors (Lipinski definition) is 2. The van der Waals surface area contributed by atoms with Gasteiger partial charge in [0.15, 0.2) is 0 Å². The number of thiophene rings is 1. The Kier molecular flexibility index (Phi) is 5.11. The van der Waals surface area contributed by atoms with Gasteiger partial charge in [-0.2, -0.15) is 0 Å². The molecule has 0 fully saturated rings. The van der Waals surface area contributed by atoms with Crippen molar-refractivity contribution < 1.29 is 14.7 Å². The maximum absolute atomic E-state index is 11.9. The zero-order valence-corrected chi connectivity index (χ0v) is 12.6. The van der Waals surface area contributed by atoms with Crippen LogP contribution in [0.2, 0.25) is 0 Å². The summed E-state index contributed by atoms with van der Waals surface area (Å²) in [4.78, 5) is 23.7. The van der Waals surface area contributed by atoms with E-state index in [1.807, 2.05) is 24.3 Å². The molecule has 2 rings (SSSR count). The quantitative estimate of drug-likeness (QED) is 0.862. The van der Waals surface area contributed by atoms with Gasteiger partial charge in [0.2, 0.25) is 5.91 Å². The molecule has 1 heterocycles. The zero-order chi connectivity index (χ0) is 15.2. The lowest BCUT2D eigenvalue weighted by atomic mass is 10.1. The highest BCUT2D eigenvalue weighted by atomic mass is 32.1. The van der Waals surface area contributed by atoms with Crippen molar-refractivity contribution in [1.29, 1.82) is 0 Å². The molecule has 2 aromatic rings. The van der Waals surface area contributed by atoms with Crippen LogP contribution in [0.3, 0.4) is 0 Å². The number of aromatic carboxylic acids is 1. The minimum Gasteiger partial charge on any atom is -0.477 e. The van der Waals surface area contributed by atoms with Gasteiger partial charge in [-0.15, -0.1) is 11.3 Å². The maximum atomic E-state index is 11.9. The Morgan fingerprint density at radius 1 is 1.10 bits per heavy atom. The highest BCUT2D eigenvalue weighted by Gasteiger charge is 2.08. The first-order valence-electron chi connectivity index (χ1n) is 6.75. The molecule has 0 saturated carbocycles.